The zero-order chi connectivity index (χ0) is 29.7. The second-order valence-corrected chi connectivity index (χ2v) is 12.3. The number of fused-ring (bicyclic) bond motifs is 7. The molecular formula is C41H25N3S. The second-order valence-electron chi connectivity index (χ2n) is 11.2. The van der Waals surface area contributed by atoms with Gasteiger partial charge >= 0.3 is 0 Å². The van der Waals surface area contributed by atoms with Crippen LogP contribution in [0.2, 0.25) is 0 Å². The van der Waals surface area contributed by atoms with E-state index in [1.54, 1.807) is 0 Å². The van der Waals surface area contributed by atoms with Crippen molar-refractivity contribution >= 4 is 53.1 Å². The molecule has 0 N–H and O–H groups in total. The van der Waals surface area contributed by atoms with E-state index in [0.717, 1.165) is 33.2 Å². The Hall–Kier alpha value is -5.71. The Balaban J connectivity index is 1.26. The van der Waals surface area contributed by atoms with E-state index in [2.05, 4.69) is 121 Å². The topological polar surface area (TPSA) is 38.7 Å². The zero-order valence-electron chi connectivity index (χ0n) is 24.2. The van der Waals surface area contributed by atoms with E-state index in [0.29, 0.717) is 17.5 Å². The highest BCUT2D eigenvalue weighted by molar-refractivity contribution is 7.26. The molecule has 7 aromatic carbocycles. The van der Waals surface area contributed by atoms with Crippen molar-refractivity contribution in [3.8, 4) is 45.3 Å². The molecule has 0 radical (unpaired) electrons. The van der Waals surface area contributed by atoms with Crippen molar-refractivity contribution in [3.05, 3.63) is 152 Å². The smallest absolute Gasteiger partial charge is 0.164 e. The highest BCUT2D eigenvalue weighted by Crippen LogP contribution is 2.41. The normalized spacial score (nSPS) is 11.6. The predicted octanol–water partition coefficient (Wildman–Crippen LogP) is 11.2. The van der Waals surface area contributed by atoms with Crippen molar-refractivity contribution in [1.29, 1.82) is 0 Å². The van der Waals surface area contributed by atoms with Gasteiger partial charge in [-0.25, -0.2) is 15.0 Å². The average molecular weight is 592 g/mol. The molecule has 0 bridgehead atoms. The molecule has 3 nitrogen and oxygen atoms in total. The van der Waals surface area contributed by atoms with Gasteiger partial charge in [-0.15, -0.1) is 11.3 Å². The molecule has 210 valence electrons. The molecule has 0 aliphatic rings. The summed E-state index contributed by atoms with van der Waals surface area (Å²) in [6.07, 6.45) is 0. The SMILES string of the molecule is c1ccc(-c2nc(-c3ccc4c(ccc5ccc6c7ccccc7sc6c54)c3)nc(-c3ccccc3-c3ccccc3)n2)cc1. The maximum atomic E-state index is 5.11. The molecule has 45 heavy (non-hydrogen) atoms. The molecular weight excluding hydrogens is 567 g/mol. The van der Waals surface area contributed by atoms with Gasteiger partial charge < -0.3 is 0 Å². The lowest BCUT2D eigenvalue weighted by atomic mass is 9.98. The van der Waals surface area contributed by atoms with Crippen LogP contribution in [-0.4, -0.2) is 15.0 Å². The molecule has 0 saturated heterocycles. The van der Waals surface area contributed by atoms with Crippen LogP contribution in [0.3, 0.4) is 0 Å². The van der Waals surface area contributed by atoms with Crippen molar-refractivity contribution in [3.63, 3.8) is 0 Å². The van der Waals surface area contributed by atoms with Crippen molar-refractivity contribution in [2.75, 3.05) is 0 Å². The number of nitrogens with zero attached hydrogens (tertiary/aromatic N) is 3. The second kappa shape index (κ2) is 10.5. The molecule has 0 saturated carbocycles. The van der Waals surface area contributed by atoms with Gasteiger partial charge in [0.15, 0.2) is 17.5 Å². The highest BCUT2D eigenvalue weighted by Gasteiger charge is 2.17. The van der Waals surface area contributed by atoms with Gasteiger partial charge in [-0.05, 0) is 39.4 Å². The van der Waals surface area contributed by atoms with Crippen LogP contribution in [0.5, 0.6) is 0 Å². The van der Waals surface area contributed by atoms with Crippen LogP contribution >= 0.6 is 11.3 Å². The van der Waals surface area contributed by atoms with E-state index in [-0.39, 0.29) is 0 Å². The van der Waals surface area contributed by atoms with Crippen LogP contribution in [0.15, 0.2) is 152 Å². The maximum absolute atomic E-state index is 5.11. The van der Waals surface area contributed by atoms with E-state index < -0.39 is 0 Å². The van der Waals surface area contributed by atoms with Gasteiger partial charge in [0.05, 0.1) is 0 Å². The molecule has 0 unspecified atom stereocenters. The Morgan fingerprint density at radius 2 is 0.978 bits per heavy atom. The summed E-state index contributed by atoms with van der Waals surface area (Å²) < 4.78 is 2.65. The van der Waals surface area contributed by atoms with Crippen molar-refractivity contribution in [1.82, 2.24) is 15.0 Å². The van der Waals surface area contributed by atoms with Gasteiger partial charge in [0, 0.05) is 42.2 Å². The third-order valence-electron chi connectivity index (χ3n) is 8.52. The summed E-state index contributed by atoms with van der Waals surface area (Å²) in [4.78, 5) is 15.2. The van der Waals surface area contributed by atoms with Crippen LogP contribution < -0.4 is 0 Å². The first-order valence-electron chi connectivity index (χ1n) is 15.0. The molecule has 4 heteroatoms. The first kappa shape index (κ1) is 25.8. The third-order valence-corrected chi connectivity index (χ3v) is 9.72. The summed E-state index contributed by atoms with van der Waals surface area (Å²) in [5.74, 6) is 1.97. The summed E-state index contributed by atoms with van der Waals surface area (Å²) >= 11 is 1.87. The number of aromatic nitrogens is 3. The van der Waals surface area contributed by atoms with E-state index in [4.69, 9.17) is 15.0 Å². The van der Waals surface area contributed by atoms with E-state index in [1.807, 2.05) is 41.7 Å². The van der Waals surface area contributed by atoms with Crippen LogP contribution in [0, 0.1) is 0 Å². The van der Waals surface area contributed by atoms with Gasteiger partial charge in [0.25, 0.3) is 0 Å². The molecule has 0 spiro atoms. The van der Waals surface area contributed by atoms with Crippen LogP contribution in [0.1, 0.15) is 0 Å². The van der Waals surface area contributed by atoms with Crippen LogP contribution in [0.4, 0.5) is 0 Å². The van der Waals surface area contributed by atoms with E-state index in [9.17, 15) is 0 Å². The van der Waals surface area contributed by atoms with Gasteiger partial charge in [0.1, 0.15) is 0 Å². The molecule has 0 amide bonds. The van der Waals surface area contributed by atoms with Crippen molar-refractivity contribution < 1.29 is 0 Å². The first-order chi connectivity index (χ1) is 22.3. The molecule has 2 aromatic heterocycles. The Morgan fingerprint density at radius 1 is 0.378 bits per heavy atom. The Morgan fingerprint density at radius 3 is 1.80 bits per heavy atom. The largest absolute Gasteiger partial charge is 0.208 e. The summed E-state index contributed by atoms with van der Waals surface area (Å²) in [5, 5.41) is 7.58. The average Bonchev–Trinajstić information content (AvgIpc) is 3.51. The molecule has 2 heterocycles. The van der Waals surface area contributed by atoms with Crippen LogP contribution in [-0.2, 0) is 0 Å². The number of benzene rings is 7. The molecule has 0 aliphatic heterocycles. The highest BCUT2D eigenvalue weighted by atomic mass is 32.1. The lowest BCUT2D eigenvalue weighted by molar-refractivity contribution is 1.07. The molecule has 9 aromatic rings. The zero-order valence-corrected chi connectivity index (χ0v) is 25.0. The fraction of sp³-hybridized carbons (Fsp3) is 0. The first-order valence-corrected chi connectivity index (χ1v) is 15.9. The van der Waals surface area contributed by atoms with Gasteiger partial charge in [-0.1, -0.05) is 140 Å². The van der Waals surface area contributed by atoms with Crippen molar-refractivity contribution in [2.24, 2.45) is 0 Å². The number of hydrogen-bond acceptors (Lipinski definition) is 4. The summed E-state index contributed by atoms with van der Waals surface area (Å²) in [6, 6.07) is 53.2. The standard InChI is InChI=1S/C41H25N3S/c1-3-11-26(12-4-1)31-15-7-8-17-35(31)41-43-39(28-13-5-2-6-14-28)42-40(44-41)30-22-23-32-29(25-30)20-19-27-21-24-34-33-16-9-10-18-36(33)45-38(34)37(27)32/h1-25H. The summed E-state index contributed by atoms with van der Waals surface area (Å²) in [7, 11) is 0. The minimum absolute atomic E-state index is 0.656. The number of hydrogen-bond donors (Lipinski definition) is 0. The maximum Gasteiger partial charge on any atom is 0.164 e. The lowest BCUT2D eigenvalue weighted by Crippen LogP contribution is -2.01. The number of thiophene rings is 1. The Bertz CT molecular complexity index is 2540. The van der Waals surface area contributed by atoms with Crippen molar-refractivity contribution in [2.45, 2.75) is 0 Å². The number of rotatable bonds is 4. The quantitative estimate of drug-likeness (QED) is 0.191. The molecule has 0 aliphatic carbocycles. The van der Waals surface area contributed by atoms with Gasteiger partial charge in [0.2, 0.25) is 0 Å². The van der Waals surface area contributed by atoms with E-state index in [1.165, 1.54) is 36.3 Å². The molecule has 0 atom stereocenters. The minimum Gasteiger partial charge on any atom is -0.208 e. The minimum atomic E-state index is 0.656. The molecule has 0 fully saturated rings. The van der Waals surface area contributed by atoms with Crippen LogP contribution in [0.25, 0.3) is 87.0 Å². The lowest BCUT2D eigenvalue weighted by Gasteiger charge is -2.12. The fourth-order valence-corrected chi connectivity index (χ4v) is 7.63. The Labute approximate surface area is 264 Å². The summed E-state index contributed by atoms with van der Waals surface area (Å²) in [6.45, 7) is 0. The predicted molar refractivity (Wildman–Crippen MR) is 189 cm³/mol. The third kappa shape index (κ3) is 4.38. The monoisotopic (exact) mass is 591 g/mol. The Kier molecular flexibility index (Phi) is 6.00. The molecule has 9 rings (SSSR count). The summed E-state index contributed by atoms with van der Waals surface area (Å²) in [5.41, 5.74) is 5.11. The van der Waals surface area contributed by atoms with Gasteiger partial charge in [-0.3, -0.25) is 0 Å². The van der Waals surface area contributed by atoms with Gasteiger partial charge in [-0.2, -0.15) is 0 Å². The van der Waals surface area contributed by atoms with E-state index >= 15 is 0 Å². The fourth-order valence-electron chi connectivity index (χ4n) is 6.36.